The highest BCUT2D eigenvalue weighted by atomic mass is 16.3. The zero-order chi connectivity index (χ0) is 23.8. The van der Waals surface area contributed by atoms with Crippen LogP contribution in [-0.4, -0.2) is 41.0 Å². The van der Waals surface area contributed by atoms with Crippen LogP contribution < -0.4 is 21.5 Å². The van der Waals surface area contributed by atoms with Crippen LogP contribution in [0.25, 0.3) is 0 Å². The van der Waals surface area contributed by atoms with E-state index in [0.717, 1.165) is 38.5 Å². The maximum Gasteiger partial charge on any atom is 0.275 e. The van der Waals surface area contributed by atoms with E-state index in [1.165, 1.54) is 23.6 Å². The molecular formula is C25H30N4O4. The van der Waals surface area contributed by atoms with Crippen molar-refractivity contribution in [1.29, 1.82) is 0 Å². The molecule has 2 fully saturated rings. The first-order chi connectivity index (χ1) is 15.7. The Bertz CT molecular complexity index is 1190. The van der Waals surface area contributed by atoms with E-state index in [1.54, 1.807) is 14.1 Å². The maximum atomic E-state index is 12.5. The molecule has 0 aliphatic heterocycles. The summed E-state index contributed by atoms with van der Waals surface area (Å²) < 4.78 is 0. The molecule has 0 spiro atoms. The molecule has 0 radical (unpaired) electrons. The summed E-state index contributed by atoms with van der Waals surface area (Å²) in [5.41, 5.74) is -1.11. The first-order valence-corrected chi connectivity index (χ1v) is 11.5. The quantitative estimate of drug-likeness (QED) is 0.458. The van der Waals surface area contributed by atoms with Crippen molar-refractivity contribution >= 4 is 23.0 Å². The molecule has 0 saturated heterocycles. The first kappa shape index (κ1) is 22.8. The van der Waals surface area contributed by atoms with Gasteiger partial charge in [-0.1, -0.05) is 38.0 Å². The monoisotopic (exact) mass is 450 g/mol. The molecule has 8 heteroatoms. The Balaban J connectivity index is 1.62. The highest BCUT2D eigenvalue weighted by molar-refractivity contribution is 5.97. The van der Waals surface area contributed by atoms with Gasteiger partial charge in [0.1, 0.15) is 11.4 Å². The van der Waals surface area contributed by atoms with Gasteiger partial charge in [0.15, 0.2) is 11.4 Å². The summed E-state index contributed by atoms with van der Waals surface area (Å²) in [5, 5.41) is 16.7. The molecule has 8 nitrogen and oxygen atoms in total. The second-order valence-electron chi connectivity index (χ2n) is 9.64. The van der Waals surface area contributed by atoms with E-state index in [2.05, 4.69) is 34.4 Å². The summed E-state index contributed by atoms with van der Waals surface area (Å²) in [4.78, 5) is 42.4. The SMILES string of the molecule is CN(C)C(=O)c1nccc(Nc2c(N[C@@H](C#CC3CCC3)C3(C)CCCC3)c(=O)c2=O)c1O. The summed E-state index contributed by atoms with van der Waals surface area (Å²) >= 11 is 0. The topological polar surface area (TPSA) is 112 Å². The van der Waals surface area contributed by atoms with E-state index < -0.39 is 16.8 Å². The van der Waals surface area contributed by atoms with Crippen LogP contribution in [-0.2, 0) is 0 Å². The number of rotatable bonds is 6. The van der Waals surface area contributed by atoms with E-state index >= 15 is 0 Å². The predicted molar refractivity (Wildman–Crippen MR) is 128 cm³/mol. The number of hydrogen-bond acceptors (Lipinski definition) is 7. The van der Waals surface area contributed by atoms with E-state index in [9.17, 15) is 19.5 Å². The second kappa shape index (κ2) is 8.89. The Morgan fingerprint density at radius 3 is 2.45 bits per heavy atom. The van der Waals surface area contributed by atoms with Gasteiger partial charge in [-0.25, -0.2) is 4.98 Å². The number of aromatic nitrogens is 1. The zero-order valence-corrected chi connectivity index (χ0v) is 19.3. The Labute approximate surface area is 193 Å². The minimum absolute atomic E-state index is 0.0711. The Morgan fingerprint density at radius 1 is 1.18 bits per heavy atom. The number of anilines is 3. The van der Waals surface area contributed by atoms with Gasteiger partial charge in [-0.15, -0.1) is 0 Å². The van der Waals surface area contributed by atoms with Crippen molar-refractivity contribution in [2.75, 3.05) is 24.7 Å². The summed E-state index contributed by atoms with van der Waals surface area (Å²) in [6.45, 7) is 2.18. The largest absolute Gasteiger partial charge is 0.504 e. The fourth-order valence-corrected chi connectivity index (χ4v) is 4.46. The molecule has 1 amide bonds. The third-order valence-electron chi connectivity index (χ3n) is 6.97. The lowest BCUT2D eigenvalue weighted by atomic mass is 9.79. The van der Waals surface area contributed by atoms with Gasteiger partial charge in [-0.05, 0) is 37.2 Å². The van der Waals surface area contributed by atoms with Gasteiger partial charge in [0, 0.05) is 26.2 Å². The van der Waals surface area contributed by atoms with Gasteiger partial charge in [0.2, 0.25) is 0 Å². The number of carbonyl (C=O) groups excluding carboxylic acids is 1. The Kier molecular flexibility index (Phi) is 6.15. The van der Waals surface area contributed by atoms with Crippen molar-refractivity contribution < 1.29 is 9.90 Å². The number of amides is 1. The van der Waals surface area contributed by atoms with Crippen molar-refractivity contribution in [2.24, 2.45) is 11.3 Å². The molecule has 2 aliphatic rings. The molecule has 2 saturated carbocycles. The lowest BCUT2D eigenvalue weighted by Crippen LogP contribution is -2.43. The van der Waals surface area contributed by atoms with Crippen LogP contribution in [0.5, 0.6) is 5.75 Å². The average Bonchev–Trinajstić information content (AvgIpc) is 3.21. The third kappa shape index (κ3) is 4.32. The molecule has 174 valence electrons. The summed E-state index contributed by atoms with van der Waals surface area (Å²) in [5.74, 6) is 6.30. The molecule has 1 heterocycles. The van der Waals surface area contributed by atoms with Gasteiger partial charge >= 0.3 is 0 Å². The molecule has 1 aromatic heterocycles. The lowest BCUT2D eigenvalue weighted by molar-refractivity contribution is 0.0819. The minimum Gasteiger partial charge on any atom is -0.504 e. The minimum atomic E-state index is -0.670. The van der Waals surface area contributed by atoms with E-state index in [4.69, 9.17) is 0 Å². The molecule has 0 unspecified atom stereocenters. The fraction of sp³-hybridized carbons (Fsp3) is 0.520. The van der Waals surface area contributed by atoms with Crippen molar-refractivity contribution in [3.63, 3.8) is 0 Å². The molecule has 3 N–H and O–H groups in total. The van der Waals surface area contributed by atoms with Gasteiger partial charge in [-0.2, -0.15) is 0 Å². The molecule has 1 atom stereocenters. The van der Waals surface area contributed by atoms with Crippen LogP contribution in [0.4, 0.5) is 17.1 Å². The lowest BCUT2D eigenvalue weighted by Gasteiger charge is -2.33. The van der Waals surface area contributed by atoms with Crippen LogP contribution in [0.3, 0.4) is 0 Å². The summed E-state index contributed by atoms with van der Waals surface area (Å²) in [7, 11) is 3.10. The summed E-state index contributed by atoms with van der Waals surface area (Å²) in [6.07, 6.45) is 9.03. The van der Waals surface area contributed by atoms with Crippen molar-refractivity contribution in [3.05, 3.63) is 38.4 Å². The van der Waals surface area contributed by atoms with Crippen LogP contribution in [0.2, 0.25) is 0 Å². The second-order valence-corrected chi connectivity index (χ2v) is 9.64. The number of nitrogens with zero attached hydrogens (tertiary/aromatic N) is 2. The average molecular weight is 451 g/mol. The van der Waals surface area contributed by atoms with Crippen LogP contribution >= 0.6 is 0 Å². The molecule has 2 aromatic rings. The van der Waals surface area contributed by atoms with E-state index in [0.29, 0.717) is 5.92 Å². The highest BCUT2D eigenvalue weighted by Gasteiger charge is 2.38. The van der Waals surface area contributed by atoms with Crippen molar-refractivity contribution in [3.8, 4) is 17.6 Å². The number of aromatic hydroxyl groups is 1. The van der Waals surface area contributed by atoms with Crippen LogP contribution in [0.15, 0.2) is 21.9 Å². The number of hydrogen-bond donors (Lipinski definition) is 3. The normalized spacial score (nSPS) is 18.2. The Hall–Kier alpha value is -3.34. The van der Waals surface area contributed by atoms with E-state index in [1.807, 2.05) is 0 Å². The number of nitrogens with one attached hydrogen (secondary N) is 2. The van der Waals surface area contributed by atoms with Crippen molar-refractivity contribution in [1.82, 2.24) is 9.88 Å². The molecule has 4 rings (SSSR count). The fourth-order valence-electron chi connectivity index (χ4n) is 4.46. The van der Waals surface area contributed by atoms with Gasteiger partial charge in [0.25, 0.3) is 16.8 Å². The van der Waals surface area contributed by atoms with Crippen LogP contribution in [0, 0.1) is 23.2 Å². The van der Waals surface area contributed by atoms with Gasteiger partial charge < -0.3 is 20.6 Å². The standard InChI is InChI=1S/C25H30N4O4/c1-25(12-4-5-13-25)17(10-9-15-7-6-8-15)28-19-18(22(31)23(19)32)27-16-11-14-26-20(21(16)30)24(33)29(2)3/h11,14-15,17,28,30H,4-8,12-13H2,1-3H3,(H,26,27)/t17-/m0/s1. The number of pyridine rings is 1. The number of carbonyl (C=O) groups is 1. The maximum absolute atomic E-state index is 12.5. The summed E-state index contributed by atoms with van der Waals surface area (Å²) in [6, 6.07) is 1.20. The molecular weight excluding hydrogens is 420 g/mol. The Morgan fingerprint density at radius 2 is 1.85 bits per heavy atom. The van der Waals surface area contributed by atoms with Crippen LogP contribution in [0.1, 0.15) is 62.4 Å². The molecule has 33 heavy (non-hydrogen) atoms. The molecule has 2 aliphatic carbocycles. The van der Waals surface area contributed by atoms with Gasteiger partial charge in [0.05, 0.1) is 11.7 Å². The van der Waals surface area contributed by atoms with Gasteiger partial charge in [-0.3, -0.25) is 14.4 Å². The molecule has 1 aromatic carbocycles. The first-order valence-electron chi connectivity index (χ1n) is 11.5. The van der Waals surface area contributed by atoms with E-state index in [-0.39, 0.29) is 40.0 Å². The predicted octanol–water partition coefficient (Wildman–Crippen LogP) is 2.99. The van der Waals surface area contributed by atoms with Crippen molar-refractivity contribution in [2.45, 2.75) is 57.9 Å². The zero-order valence-electron chi connectivity index (χ0n) is 19.3. The smallest absolute Gasteiger partial charge is 0.275 e. The highest BCUT2D eigenvalue weighted by Crippen LogP contribution is 2.42. The molecule has 0 bridgehead atoms. The third-order valence-corrected chi connectivity index (χ3v) is 6.97.